The Morgan fingerprint density at radius 2 is 0.848 bits per heavy atom. The van der Waals surface area contributed by atoms with E-state index in [4.69, 9.17) is 0 Å². The van der Waals surface area contributed by atoms with Gasteiger partial charge in [0.1, 0.15) is 22.1 Å². The summed E-state index contributed by atoms with van der Waals surface area (Å²) in [6.07, 6.45) is 3.84. The highest BCUT2D eigenvalue weighted by molar-refractivity contribution is 7.00. The van der Waals surface area contributed by atoms with Gasteiger partial charge in [0.25, 0.3) is 0 Å². The highest BCUT2D eigenvalue weighted by Crippen LogP contribution is 2.37. The van der Waals surface area contributed by atoms with E-state index in [0.29, 0.717) is 0 Å². The maximum atomic E-state index is 4.60. The maximum Gasteiger partial charge on any atom is 0.114 e. The first-order valence-corrected chi connectivity index (χ1v) is 11.8. The lowest BCUT2D eigenvalue weighted by atomic mass is 10.0. The monoisotopic (exact) mass is 465 g/mol. The fourth-order valence-corrected chi connectivity index (χ4v) is 5.45. The van der Waals surface area contributed by atoms with Gasteiger partial charge in [-0.15, -0.1) is 0 Å². The van der Waals surface area contributed by atoms with Crippen LogP contribution in [0.1, 0.15) is 0 Å². The van der Waals surface area contributed by atoms with Gasteiger partial charge in [0.2, 0.25) is 0 Å². The summed E-state index contributed by atoms with van der Waals surface area (Å²) in [7, 11) is 0. The highest BCUT2D eigenvalue weighted by Gasteiger charge is 2.17. The maximum absolute atomic E-state index is 4.60. The summed E-state index contributed by atoms with van der Waals surface area (Å²) in [5.41, 5.74) is 11.8. The lowest BCUT2D eigenvalue weighted by Gasteiger charge is -2.06. The van der Waals surface area contributed by atoms with Gasteiger partial charge in [-0.2, -0.15) is 17.5 Å². The predicted molar refractivity (Wildman–Crippen MR) is 133 cm³/mol. The Labute approximate surface area is 195 Å². The molecule has 0 amide bonds. The summed E-state index contributed by atoms with van der Waals surface area (Å²) in [6, 6.07) is 20.6. The molecular weight excluding hydrogens is 450 g/mol. The van der Waals surface area contributed by atoms with Gasteiger partial charge in [-0.1, -0.05) is 0 Å². The molecule has 5 heterocycles. The lowest BCUT2D eigenvalue weighted by Crippen LogP contribution is -1.87. The highest BCUT2D eigenvalue weighted by atomic mass is 32.1. The summed E-state index contributed by atoms with van der Waals surface area (Å²) in [6.45, 7) is 0. The van der Waals surface area contributed by atoms with E-state index >= 15 is 0 Å². The van der Waals surface area contributed by atoms with Crippen molar-refractivity contribution < 1.29 is 0 Å². The van der Waals surface area contributed by atoms with Crippen molar-refractivity contribution in [2.24, 2.45) is 0 Å². The van der Waals surface area contributed by atoms with E-state index in [0.717, 1.165) is 67.1 Å². The summed E-state index contributed by atoms with van der Waals surface area (Å²) in [5, 5.41) is 0. The summed E-state index contributed by atoms with van der Waals surface area (Å²) >= 11 is 2.46. The topological polar surface area (TPSA) is 98.9 Å². The summed E-state index contributed by atoms with van der Waals surface area (Å²) < 4.78 is 18.3. The molecule has 158 valence electrons. The normalized spacial score (nSPS) is 11.6. The van der Waals surface area contributed by atoms with Crippen molar-refractivity contribution in [2.45, 2.75) is 0 Å². The van der Waals surface area contributed by atoms with Gasteiger partial charge in [0.15, 0.2) is 0 Å². The van der Waals surface area contributed by atoms with E-state index < -0.39 is 0 Å². The smallest absolute Gasteiger partial charge is 0.114 e. The first kappa shape index (κ1) is 18.5. The van der Waals surface area contributed by atoms with E-state index in [1.165, 1.54) is 23.5 Å². The molecule has 0 aliphatic rings. The van der Waals surface area contributed by atoms with Crippen LogP contribution in [-0.2, 0) is 0 Å². The number of benzene rings is 2. The lowest BCUT2D eigenvalue weighted by molar-refractivity contribution is 1.38. The zero-order valence-corrected chi connectivity index (χ0v) is 18.7. The quantitative estimate of drug-likeness (QED) is 0.282. The number of hydrogen-bond donors (Lipinski definition) is 3. The third-order valence-corrected chi connectivity index (χ3v) is 6.93. The number of aromatic nitrogens is 7. The molecule has 0 aliphatic carbocycles. The minimum atomic E-state index is 0.892. The zero-order valence-electron chi connectivity index (χ0n) is 17.0. The molecule has 0 unspecified atom stereocenters. The van der Waals surface area contributed by atoms with Crippen LogP contribution in [0.2, 0.25) is 0 Å². The Hall–Kier alpha value is -4.08. The van der Waals surface area contributed by atoms with Crippen LogP contribution in [-0.4, -0.2) is 32.4 Å². The minimum Gasteiger partial charge on any atom is -0.361 e. The minimum absolute atomic E-state index is 0.892. The first-order chi connectivity index (χ1) is 16.4. The molecule has 0 spiro atoms. The van der Waals surface area contributed by atoms with Crippen molar-refractivity contribution >= 4 is 45.5 Å². The summed E-state index contributed by atoms with van der Waals surface area (Å²) in [5.74, 6) is 0. The van der Waals surface area contributed by atoms with E-state index in [9.17, 15) is 0 Å². The largest absolute Gasteiger partial charge is 0.361 e. The van der Waals surface area contributed by atoms with Gasteiger partial charge in [0, 0.05) is 57.4 Å². The molecule has 7 aromatic rings. The molecule has 7 nitrogen and oxygen atoms in total. The molecule has 5 aromatic heterocycles. The molecule has 0 saturated carbocycles. The van der Waals surface area contributed by atoms with Gasteiger partial charge in [-0.05, 0) is 60.7 Å². The number of rotatable bonds is 4. The van der Waals surface area contributed by atoms with Crippen molar-refractivity contribution in [3.8, 4) is 45.0 Å². The molecule has 0 aliphatic heterocycles. The van der Waals surface area contributed by atoms with Crippen LogP contribution in [0.25, 0.3) is 67.1 Å². The average molecular weight is 466 g/mol. The Balaban J connectivity index is 1.34. The second-order valence-electron chi connectivity index (χ2n) is 7.70. The fraction of sp³-hybridized carbons (Fsp3) is 0. The molecule has 0 fully saturated rings. The van der Waals surface area contributed by atoms with E-state index in [2.05, 4.69) is 68.8 Å². The van der Waals surface area contributed by atoms with Gasteiger partial charge < -0.3 is 15.0 Å². The van der Waals surface area contributed by atoms with Crippen LogP contribution >= 0.6 is 23.5 Å². The van der Waals surface area contributed by atoms with E-state index in [1.54, 1.807) is 0 Å². The van der Waals surface area contributed by atoms with Gasteiger partial charge in [-0.25, -0.2) is 0 Å². The number of nitrogens with one attached hydrogen (secondary N) is 3. The molecule has 0 saturated heterocycles. The fourth-order valence-electron chi connectivity index (χ4n) is 4.31. The van der Waals surface area contributed by atoms with Crippen LogP contribution < -0.4 is 0 Å². The molecule has 9 heteroatoms. The number of fused-ring (bicyclic) bond motifs is 2. The third-order valence-electron chi connectivity index (χ3n) is 5.87. The van der Waals surface area contributed by atoms with Gasteiger partial charge in [-0.3, -0.25) is 0 Å². The number of hydrogen-bond acceptors (Lipinski definition) is 6. The molecule has 0 bridgehead atoms. The number of nitrogens with zero attached hydrogens (tertiary/aromatic N) is 4. The Kier molecular flexibility index (Phi) is 4.05. The zero-order chi connectivity index (χ0) is 21.8. The standard InChI is InChI=1S/C24H15N7S2/c1-3-17(25-11-1)13-5-7-15(23-21(13)28-32-30-23)19-9-10-20(27-19)16-8-6-14(18-4-2-12-26-18)22-24(16)31-33-29-22/h1-12,25-27H. The molecule has 7 rings (SSSR count). The van der Waals surface area contributed by atoms with Crippen LogP contribution in [0.3, 0.4) is 0 Å². The Morgan fingerprint density at radius 1 is 0.455 bits per heavy atom. The molecule has 33 heavy (non-hydrogen) atoms. The molecular formula is C24H15N7S2. The van der Waals surface area contributed by atoms with Crippen LogP contribution in [0.4, 0.5) is 0 Å². The summed E-state index contributed by atoms with van der Waals surface area (Å²) in [4.78, 5) is 10.1. The number of aromatic amines is 3. The van der Waals surface area contributed by atoms with Crippen molar-refractivity contribution in [3.05, 3.63) is 73.1 Å². The molecule has 2 aromatic carbocycles. The van der Waals surface area contributed by atoms with Crippen LogP contribution in [0.5, 0.6) is 0 Å². The molecule has 3 N–H and O–H groups in total. The third kappa shape index (κ3) is 2.86. The first-order valence-electron chi connectivity index (χ1n) is 10.3. The Morgan fingerprint density at radius 3 is 1.21 bits per heavy atom. The second-order valence-corrected chi connectivity index (χ2v) is 8.75. The van der Waals surface area contributed by atoms with Crippen molar-refractivity contribution in [3.63, 3.8) is 0 Å². The Bertz CT molecular complexity index is 1590. The van der Waals surface area contributed by atoms with Crippen molar-refractivity contribution in [1.82, 2.24) is 32.4 Å². The molecule has 0 radical (unpaired) electrons. The number of H-pyrrole nitrogens is 3. The molecule has 0 atom stereocenters. The predicted octanol–water partition coefficient (Wildman–Crippen LogP) is 6.35. The van der Waals surface area contributed by atoms with Crippen LogP contribution in [0.15, 0.2) is 73.1 Å². The van der Waals surface area contributed by atoms with E-state index in [1.807, 2.05) is 36.7 Å². The van der Waals surface area contributed by atoms with Crippen molar-refractivity contribution in [2.75, 3.05) is 0 Å². The van der Waals surface area contributed by atoms with Gasteiger partial charge >= 0.3 is 0 Å². The average Bonchev–Trinajstić information content (AvgIpc) is 3.69. The van der Waals surface area contributed by atoms with Gasteiger partial charge in [0.05, 0.1) is 23.5 Å². The van der Waals surface area contributed by atoms with Crippen molar-refractivity contribution in [1.29, 1.82) is 0 Å². The van der Waals surface area contributed by atoms with Crippen LogP contribution in [0, 0.1) is 0 Å². The van der Waals surface area contributed by atoms with E-state index in [-0.39, 0.29) is 0 Å². The SMILES string of the molecule is c1c[nH]c(-c2ccc(-c3ccc(-c4ccc(-c5ccc[nH]5)c5nsnc45)[nH]3)c3nsnc23)c1. The second kappa shape index (κ2) is 7.22.